The molecule has 1 aliphatic heterocycles. The van der Waals surface area contributed by atoms with E-state index >= 15 is 0 Å². The Hall–Kier alpha value is -4.18. The number of nitrogens with one attached hydrogen (secondary N) is 2. The molecule has 2 N–H and O–H groups in total. The average molecular weight is 525 g/mol. The number of rotatable bonds is 10. The van der Waals surface area contributed by atoms with Crippen molar-refractivity contribution in [1.29, 1.82) is 0 Å². The monoisotopic (exact) mass is 524 g/mol. The molecule has 10 nitrogen and oxygen atoms in total. The Morgan fingerprint density at radius 2 is 1.71 bits per heavy atom. The van der Waals surface area contributed by atoms with Crippen molar-refractivity contribution in [3.8, 4) is 17.2 Å². The van der Waals surface area contributed by atoms with Crippen LogP contribution in [0.1, 0.15) is 12.0 Å². The number of amides is 2. The lowest BCUT2D eigenvalue weighted by Crippen LogP contribution is -2.40. The Morgan fingerprint density at radius 3 is 2.34 bits per heavy atom. The maximum Gasteiger partial charge on any atom is 0.337 e. The van der Waals surface area contributed by atoms with E-state index in [0.29, 0.717) is 41.5 Å². The van der Waals surface area contributed by atoms with E-state index in [2.05, 4.69) is 10.6 Å². The standard InChI is InChI=1S/C28H32N2O8/c1-33-22-12-19(13-23(34-2)25(22)35-3)30-28(32)29-14-18-10-11-20-21(26(31)36-4)16-38-27(24(18)20)37-15-17-8-6-5-7-9-17/h5-10,12-13,16,20,24,27H,11,14-15H2,1-4H3,(H2,29,30,32)/t20?,24?,27-/m1/s1. The number of fused-ring (bicyclic) bond motifs is 1. The van der Waals surface area contributed by atoms with Crippen molar-refractivity contribution in [2.45, 2.75) is 19.3 Å². The van der Waals surface area contributed by atoms with E-state index in [4.69, 9.17) is 28.4 Å². The Labute approximate surface area is 221 Å². The fourth-order valence-corrected chi connectivity index (χ4v) is 4.73. The molecule has 0 aromatic heterocycles. The van der Waals surface area contributed by atoms with Gasteiger partial charge in [-0.3, -0.25) is 0 Å². The third-order valence-corrected chi connectivity index (χ3v) is 6.57. The lowest BCUT2D eigenvalue weighted by Gasteiger charge is -2.35. The van der Waals surface area contributed by atoms with Gasteiger partial charge in [0.2, 0.25) is 12.0 Å². The van der Waals surface area contributed by atoms with Crippen LogP contribution in [-0.2, 0) is 25.6 Å². The number of urea groups is 1. The van der Waals surface area contributed by atoms with E-state index in [9.17, 15) is 9.59 Å². The summed E-state index contributed by atoms with van der Waals surface area (Å²) in [6.07, 6.45) is 3.43. The molecule has 38 heavy (non-hydrogen) atoms. The fourth-order valence-electron chi connectivity index (χ4n) is 4.73. The summed E-state index contributed by atoms with van der Waals surface area (Å²) in [5, 5.41) is 5.68. The van der Waals surface area contributed by atoms with Crippen LogP contribution >= 0.6 is 0 Å². The highest BCUT2D eigenvalue weighted by Gasteiger charge is 2.44. The largest absolute Gasteiger partial charge is 0.493 e. The van der Waals surface area contributed by atoms with E-state index in [1.54, 1.807) is 12.1 Å². The fraction of sp³-hybridized carbons (Fsp3) is 0.357. The van der Waals surface area contributed by atoms with Crippen LogP contribution in [0.25, 0.3) is 0 Å². The molecule has 1 heterocycles. The van der Waals surface area contributed by atoms with Crippen LogP contribution in [-0.4, -0.2) is 53.3 Å². The Balaban J connectivity index is 1.44. The van der Waals surface area contributed by atoms with Crippen LogP contribution in [0.3, 0.4) is 0 Å². The molecule has 2 unspecified atom stereocenters. The first-order valence-corrected chi connectivity index (χ1v) is 12.1. The van der Waals surface area contributed by atoms with Crippen molar-refractivity contribution < 1.29 is 38.0 Å². The quantitative estimate of drug-likeness (QED) is 0.354. The summed E-state index contributed by atoms with van der Waals surface area (Å²) in [7, 11) is 5.86. The molecule has 2 aromatic rings. The summed E-state index contributed by atoms with van der Waals surface area (Å²) >= 11 is 0. The van der Waals surface area contributed by atoms with Crippen LogP contribution in [0.5, 0.6) is 17.2 Å². The molecule has 0 bridgehead atoms. The van der Waals surface area contributed by atoms with E-state index in [0.717, 1.165) is 11.1 Å². The molecule has 2 aliphatic rings. The van der Waals surface area contributed by atoms with Crippen molar-refractivity contribution in [2.75, 3.05) is 40.3 Å². The van der Waals surface area contributed by atoms with Gasteiger partial charge in [-0.2, -0.15) is 0 Å². The van der Waals surface area contributed by atoms with Gasteiger partial charge in [0.1, 0.15) is 0 Å². The van der Waals surface area contributed by atoms with Gasteiger partial charge in [0.25, 0.3) is 0 Å². The lowest BCUT2D eigenvalue weighted by atomic mass is 9.83. The second-order valence-corrected chi connectivity index (χ2v) is 8.73. The predicted molar refractivity (Wildman–Crippen MR) is 139 cm³/mol. The second kappa shape index (κ2) is 12.4. The highest BCUT2D eigenvalue weighted by molar-refractivity contribution is 5.91. The molecular weight excluding hydrogens is 492 g/mol. The number of anilines is 1. The first-order valence-electron chi connectivity index (χ1n) is 12.1. The molecule has 2 aromatic carbocycles. The van der Waals surface area contributed by atoms with Crippen LogP contribution in [0, 0.1) is 11.8 Å². The first kappa shape index (κ1) is 26.9. The minimum Gasteiger partial charge on any atom is -0.493 e. The van der Waals surface area contributed by atoms with Crippen LogP contribution in [0.15, 0.2) is 65.9 Å². The summed E-state index contributed by atoms with van der Waals surface area (Å²) in [4.78, 5) is 25.2. The van der Waals surface area contributed by atoms with Crippen molar-refractivity contribution in [1.82, 2.24) is 5.32 Å². The normalized spacial score (nSPS) is 19.7. The molecule has 0 spiro atoms. The maximum absolute atomic E-state index is 12.8. The summed E-state index contributed by atoms with van der Waals surface area (Å²) in [6, 6.07) is 12.6. The third kappa shape index (κ3) is 5.86. The van der Waals surface area contributed by atoms with Gasteiger partial charge in [0.15, 0.2) is 11.5 Å². The maximum atomic E-state index is 12.8. The number of allylic oxidation sites excluding steroid dienone is 1. The number of carbonyl (C=O) groups excluding carboxylic acids is 2. The molecule has 0 fully saturated rings. The van der Waals surface area contributed by atoms with Gasteiger partial charge in [0, 0.05) is 24.6 Å². The number of esters is 1. The predicted octanol–water partition coefficient (Wildman–Crippen LogP) is 4.03. The Morgan fingerprint density at radius 1 is 1.00 bits per heavy atom. The Bertz CT molecular complexity index is 1190. The van der Waals surface area contributed by atoms with Crippen molar-refractivity contribution in [2.24, 2.45) is 11.8 Å². The molecule has 4 rings (SSSR count). The van der Waals surface area contributed by atoms with Gasteiger partial charge in [-0.25, -0.2) is 9.59 Å². The van der Waals surface area contributed by atoms with E-state index < -0.39 is 18.3 Å². The van der Waals surface area contributed by atoms with E-state index in [1.807, 2.05) is 36.4 Å². The zero-order valence-electron chi connectivity index (χ0n) is 21.8. The zero-order chi connectivity index (χ0) is 27.1. The molecule has 0 radical (unpaired) electrons. The second-order valence-electron chi connectivity index (χ2n) is 8.73. The molecule has 1 aliphatic carbocycles. The molecule has 0 saturated heterocycles. The number of benzene rings is 2. The lowest BCUT2D eigenvalue weighted by molar-refractivity contribution is -0.160. The van der Waals surface area contributed by atoms with Gasteiger partial charge in [-0.05, 0) is 17.6 Å². The summed E-state index contributed by atoms with van der Waals surface area (Å²) < 4.78 is 33.0. The molecular formula is C28H32N2O8. The zero-order valence-corrected chi connectivity index (χ0v) is 21.8. The summed E-state index contributed by atoms with van der Waals surface area (Å²) in [5.41, 5.74) is 2.82. The minimum atomic E-state index is -0.623. The number of hydrogen-bond acceptors (Lipinski definition) is 8. The van der Waals surface area contributed by atoms with E-state index in [1.165, 1.54) is 34.7 Å². The SMILES string of the molecule is COC(=O)C1=CO[C@@H](OCc2ccccc2)C2C(CNC(=O)Nc3cc(OC)c(OC)c(OC)c3)=CCC12. The topological polar surface area (TPSA) is 114 Å². The van der Waals surface area contributed by atoms with Crippen molar-refractivity contribution in [3.63, 3.8) is 0 Å². The average Bonchev–Trinajstić information content (AvgIpc) is 3.38. The molecule has 0 saturated carbocycles. The minimum absolute atomic E-state index is 0.174. The van der Waals surface area contributed by atoms with Crippen LogP contribution < -0.4 is 24.8 Å². The summed E-state index contributed by atoms with van der Waals surface area (Å²) in [6.45, 7) is 0.582. The highest BCUT2D eigenvalue weighted by Crippen LogP contribution is 2.44. The molecule has 10 heteroatoms. The molecule has 3 atom stereocenters. The van der Waals surface area contributed by atoms with Gasteiger partial charge >= 0.3 is 12.0 Å². The summed E-state index contributed by atoms with van der Waals surface area (Å²) in [5.74, 6) is 0.388. The van der Waals surface area contributed by atoms with Crippen LogP contribution in [0.2, 0.25) is 0 Å². The number of carbonyl (C=O) groups is 2. The number of ether oxygens (including phenoxy) is 6. The smallest absolute Gasteiger partial charge is 0.337 e. The van der Waals surface area contributed by atoms with Gasteiger partial charge < -0.3 is 39.1 Å². The first-order chi connectivity index (χ1) is 18.5. The van der Waals surface area contributed by atoms with Gasteiger partial charge in [-0.15, -0.1) is 0 Å². The number of hydrogen-bond donors (Lipinski definition) is 2. The number of methoxy groups -OCH3 is 4. The molecule has 2 amide bonds. The van der Waals surface area contributed by atoms with Gasteiger partial charge in [-0.1, -0.05) is 36.4 Å². The van der Waals surface area contributed by atoms with Crippen molar-refractivity contribution in [3.05, 3.63) is 71.5 Å². The van der Waals surface area contributed by atoms with E-state index in [-0.39, 0.29) is 18.4 Å². The van der Waals surface area contributed by atoms with Gasteiger partial charge in [0.05, 0.1) is 58.5 Å². The molecule has 202 valence electrons. The van der Waals surface area contributed by atoms with Crippen LogP contribution in [0.4, 0.5) is 10.5 Å². The third-order valence-electron chi connectivity index (χ3n) is 6.57. The van der Waals surface area contributed by atoms with Crippen molar-refractivity contribution >= 4 is 17.7 Å². The Kier molecular flexibility index (Phi) is 8.75. The highest BCUT2D eigenvalue weighted by atomic mass is 16.7.